The van der Waals surface area contributed by atoms with Crippen LogP contribution in [0.2, 0.25) is 0 Å². The Morgan fingerprint density at radius 2 is 0.949 bits per heavy atom. The summed E-state index contributed by atoms with van der Waals surface area (Å²) in [6.07, 6.45) is 28.0. The molecule has 0 spiro atoms. The van der Waals surface area contributed by atoms with Crippen molar-refractivity contribution in [3.8, 4) is 0 Å². The third-order valence-corrected chi connectivity index (χ3v) is 7.54. The van der Waals surface area contributed by atoms with Gasteiger partial charge in [-0.15, -0.1) is 0 Å². The van der Waals surface area contributed by atoms with Crippen LogP contribution in [0.15, 0.2) is 0 Å². The maximum absolute atomic E-state index is 12.4. The van der Waals surface area contributed by atoms with Crippen LogP contribution in [-0.2, 0) is 19.1 Å². The molecule has 0 atom stereocenters. The summed E-state index contributed by atoms with van der Waals surface area (Å²) >= 11 is 0. The zero-order chi connectivity index (χ0) is 28.7. The Labute approximate surface area is 243 Å². The van der Waals surface area contributed by atoms with Crippen molar-refractivity contribution in [2.24, 2.45) is 0 Å². The van der Waals surface area contributed by atoms with Gasteiger partial charge in [0.15, 0.2) is 0 Å². The van der Waals surface area contributed by atoms with E-state index in [1.54, 1.807) is 0 Å². The molecular weight excluding hydrogens is 486 g/mol. The van der Waals surface area contributed by atoms with E-state index in [0.29, 0.717) is 19.4 Å². The molecule has 0 saturated carbocycles. The minimum atomic E-state index is -0.0354. The first kappa shape index (κ1) is 37.9. The maximum Gasteiger partial charge on any atom is 0.306 e. The SMILES string of the molecule is CCCCCCCCCOC(=O)CCCCCNCCCCCC(=O)OC(CCCCCC)CCCCCC. The number of nitrogens with one attached hydrogen (secondary N) is 1. The van der Waals surface area contributed by atoms with E-state index in [1.165, 1.54) is 89.9 Å². The number of hydrogen-bond donors (Lipinski definition) is 1. The second-order valence-corrected chi connectivity index (χ2v) is 11.5. The van der Waals surface area contributed by atoms with Crippen LogP contribution in [0, 0.1) is 0 Å². The third kappa shape index (κ3) is 29.7. The van der Waals surface area contributed by atoms with Crippen LogP contribution in [0.3, 0.4) is 0 Å². The largest absolute Gasteiger partial charge is 0.466 e. The summed E-state index contributed by atoms with van der Waals surface area (Å²) in [6, 6.07) is 0. The first-order valence-electron chi connectivity index (χ1n) is 17.2. The molecular formula is C34H67NO4. The fraction of sp³-hybridized carbons (Fsp3) is 0.941. The summed E-state index contributed by atoms with van der Waals surface area (Å²) < 4.78 is 11.2. The van der Waals surface area contributed by atoms with Crippen molar-refractivity contribution in [3.05, 3.63) is 0 Å². The molecule has 0 aliphatic carbocycles. The molecule has 0 rings (SSSR count). The molecule has 0 aromatic carbocycles. The van der Waals surface area contributed by atoms with Crippen LogP contribution in [0.1, 0.15) is 181 Å². The predicted molar refractivity (Wildman–Crippen MR) is 166 cm³/mol. The molecule has 0 amide bonds. The second kappa shape index (κ2) is 31.4. The highest BCUT2D eigenvalue weighted by atomic mass is 16.5. The Hall–Kier alpha value is -1.10. The van der Waals surface area contributed by atoms with E-state index in [0.717, 1.165) is 70.9 Å². The Morgan fingerprint density at radius 1 is 0.513 bits per heavy atom. The predicted octanol–water partition coefficient (Wildman–Crippen LogP) is 9.84. The molecule has 0 saturated heterocycles. The van der Waals surface area contributed by atoms with E-state index in [9.17, 15) is 9.59 Å². The van der Waals surface area contributed by atoms with Crippen LogP contribution in [0.5, 0.6) is 0 Å². The third-order valence-electron chi connectivity index (χ3n) is 7.54. The minimum absolute atomic E-state index is 0.000113. The number of unbranched alkanes of at least 4 members (excludes halogenated alkanes) is 16. The molecule has 1 N–H and O–H groups in total. The van der Waals surface area contributed by atoms with Crippen molar-refractivity contribution in [2.45, 2.75) is 187 Å². The second-order valence-electron chi connectivity index (χ2n) is 11.5. The lowest BCUT2D eigenvalue weighted by Gasteiger charge is -2.18. The standard InChI is InChI=1S/C34H67NO4/c1-4-7-10-13-14-15-24-31-38-33(36)27-20-16-22-29-35-30-23-17-21-28-34(37)39-32(25-18-11-8-5-2)26-19-12-9-6-3/h32,35H,4-31H2,1-3H3. The molecule has 0 aromatic heterocycles. The number of rotatable bonds is 31. The monoisotopic (exact) mass is 554 g/mol. The Balaban J connectivity index is 3.59. The molecule has 0 heterocycles. The number of ether oxygens (including phenoxy) is 2. The van der Waals surface area contributed by atoms with E-state index in [1.807, 2.05) is 0 Å². The lowest BCUT2D eigenvalue weighted by atomic mass is 10.0. The number of esters is 2. The molecule has 0 radical (unpaired) electrons. The van der Waals surface area contributed by atoms with Crippen molar-refractivity contribution in [1.29, 1.82) is 0 Å². The van der Waals surface area contributed by atoms with Gasteiger partial charge < -0.3 is 14.8 Å². The van der Waals surface area contributed by atoms with Crippen molar-refractivity contribution in [3.63, 3.8) is 0 Å². The molecule has 0 aliphatic rings. The summed E-state index contributed by atoms with van der Waals surface area (Å²) in [5.41, 5.74) is 0. The van der Waals surface area contributed by atoms with Gasteiger partial charge in [-0.05, 0) is 70.9 Å². The van der Waals surface area contributed by atoms with E-state index < -0.39 is 0 Å². The van der Waals surface area contributed by atoms with E-state index in [-0.39, 0.29) is 18.0 Å². The molecule has 0 aromatic rings. The lowest BCUT2D eigenvalue weighted by Crippen LogP contribution is -2.19. The number of carbonyl (C=O) groups excluding carboxylic acids is 2. The number of hydrogen-bond acceptors (Lipinski definition) is 5. The first-order chi connectivity index (χ1) is 19.1. The first-order valence-corrected chi connectivity index (χ1v) is 17.2. The zero-order valence-corrected chi connectivity index (χ0v) is 26.5. The summed E-state index contributed by atoms with van der Waals surface area (Å²) in [5.74, 6) is -0.0355. The topological polar surface area (TPSA) is 64.6 Å². The van der Waals surface area contributed by atoms with Gasteiger partial charge in [0.2, 0.25) is 0 Å². The zero-order valence-electron chi connectivity index (χ0n) is 26.5. The summed E-state index contributed by atoms with van der Waals surface area (Å²) in [5, 5.41) is 3.49. The fourth-order valence-corrected chi connectivity index (χ4v) is 4.94. The van der Waals surface area contributed by atoms with Gasteiger partial charge in [0.1, 0.15) is 6.10 Å². The Morgan fingerprint density at radius 3 is 1.49 bits per heavy atom. The Bertz CT molecular complexity index is 513. The highest BCUT2D eigenvalue weighted by Gasteiger charge is 2.14. The average molecular weight is 554 g/mol. The lowest BCUT2D eigenvalue weighted by molar-refractivity contribution is -0.150. The van der Waals surface area contributed by atoms with Gasteiger partial charge in [-0.1, -0.05) is 111 Å². The summed E-state index contributed by atoms with van der Waals surface area (Å²) in [6.45, 7) is 9.28. The molecule has 0 bridgehead atoms. The van der Waals surface area contributed by atoms with Crippen molar-refractivity contribution in [1.82, 2.24) is 5.32 Å². The average Bonchev–Trinajstić information content (AvgIpc) is 2.93. The van der Waals surface area contributed by atoms with Crippen LogP contribution < -0.4 is 5.32 Å². The van der Waals surface area contributed by atoms with E-state index in [4.69, 9.17) is 9.47 Å². The van der Waals surface area contributed by atoms with Crippen molar-refractivity contribution in [2.75, 3.05) is 19.7 Å². The van der Waals surface area contributed by atoms with Crippen LogP contribution in [-0.4, -0.2) is 37.7 Å². The van der Waals surface area contributed by atoms with Crippen molar-refractivity contribution >= 4 is 11.9 Å². The normalized spacial score (nSPS) is 11.3. The fourth-order valence-electron chi connectivity index (χ4n) is 4.94. The Kier molecular flexibility index (Phi) is 30.5. The molecule has 39 heavy (non-hydrogen) atoms. The molecule has 0 fully saturated rings. The van der Waals surface area contributed by atoms with Crippen LogP contribution in [0.4, 0.5) is 0 Å². The van der Waals surface area contributed by atoms with Gasteiger partial charge in [-0.2, -0.15) is 0 Å². The highest BCUT2D eigenvalue weighted by Crippen LogP contribution is 2.17. The molecule has 232 valence electrons. The van der Waals surface area contributed by atoms with Gasteiger partial charge in [0.05, 0.1) is 6.61 Å². The van der Waals surface area contributed by atoms with Gasteiger partial charge in [0, 0.05) is 12.8 Å². The summed E-state index contributed by atoms with van der Waals surface area (Å²) in [4.78, 5) is 24.2. The minimum Gasteiger partial charge on any atom is -0.466 e. The quantitative estimate of drug-likeness (QED) is 0.0683. The number of carbonyl (C=O) groups is 2. The maximum atomic E-state index is 12.4. The summed E-state index contributed by atoms with van der Waals surface area (Å²) in [7, 11) is 0. The smallest absolute Gasteiger partial charge is 0.306 e. The van der Waals surface area contributed by atoms with Gasteiger partial charge in [-0.25, -0.2) is 0 Å². The van der Waals surface area contributed by atoms with Crippen LogP contribution in [0.25, 0.3) is 0 Å². The molecule has 5 heteroatoms. The van der Waals surface area contributed by atoms with Gasteiger partial charge >= 0.3 is 11.9 Å². The molecule has 5 nitrogen and oxygen atoms in total. The van der Waals surface area contributed by atoms with E-state index in [2.05, 4.69) is 26.1 Å². The van der Waals surface area contributed by atoms with Gasteiger partial charge in [0.25, 0.3) is 0 Å². The molecule has 0 unspecified atom stereocenters. The van der Waals surface area contributed by atoms with Gasteiger partial charge in [-0.3, -0.25) is 9.59 Å². The molecule has 0 aliphatic heterocycles. The highest BCUT2D eigenvalue weighted by molar-refractivity contribution is 5.69. The van der Waals surface area contributed by atoms with Crippen molar-refractivity contribution < 1.29 is 19.1 Å². The van der Waals surface area contributed by atoms with E-state index >= 15 is 0 Å². The van der Waals surface area contributed by atoms with Crippen LogP contribution >= 0.6 is 0 Å².